The first-order chi connectivity index (χ1) is 12.9. The van der Waals surface area contributed by atoms with E-state index >= 15 is 0 Å². The van der Waals surface area contributed by atoms with E-state index in [9.17, 15) is 14.4 Å². The highest BCUT2D eigenvalue weighted by molar-refractivity contribution is 7.17. The highest BCUT2D eigenvalue weighted by Crippen LogP contribution is 2.29. The molecule has 8 heteroatoms. The minimum Gasteiger partial charge on any atom is -0.451 e. The average molecular weight is 407 g/mol. The molecule has 1 aliphatic rings. The smallest absolute Gasteiger partial charge is 0.348 e. The summed E-state index contributed by atoms with van der Waals surface area (Å²) < 4.78 is 5.15. The van der Waals surface area contributed by atoms with E-state index in [2.05, 4.69) is 0 Å². The van der Waals surface area contributed by atoms with Crippen molar-refractivity contribution in [2.45, 2.75) is 12.8 Å². The lowest BCUT2D eigenvalue weighted by Gasteiger charge is -2.30. The Morgan fingerprint density at radius 1 is 1.19 bits per heavy atom. The van der Waals surface area contributed by atoms with E-state index in [4.69, 9.17) is 22.1 Å². The van der Waals surface area contributed by atoms with Gasteiger partial charge in [0.2, 0.25) is 5.91 Å². The zero-order valence-corrected chi connectivity index (χ0v) is 16.1. The van der Waals surface area contributed by atoms with Crippen molar-refractivity contribution in [1.29, 1.82) is 0 Å². The Bertz CT molecular complexity index is 850. The fourth-order valence-electron chi connectivity index (χ4n) is 2.94. The Kier molecular flexibility index (Phi) is 6.13. The van der Waals surface area contributed by atoms with Gasteiger partial charge in [0, 0.05) is 23.0 Å². The maximum absolute atomic E-state index is 12.2. The molecular formula is C19H19ClN2O4S. The highest BCUT2D eigenvalue weighted by atomic mass is 35.5. The first-order valence-corrected chi connectivity index (χ1v) is 9.73. The molecule has 0 saturated carbocycles. The number of hydrogen-bond acceptors (Lipinski definition) is 5. The molecule has 2 amide bonds. The van der Waals surface area contributed by atoms with Gasteiger partial charge in [-0.05, 0) is 42.7 Å². The molecule has 2 N–H and O–H groups in total. The second-order valence-corrected chi connectivity index (χ2v) is 7.85. The summed E-state index contributed by atoms with van der Waals surface area (Å²) in [6.07, 6.45) is 1.39. The van der Waals surface area contributed by atoms with Crippen LogP contribution in [0.25, 0.3) is 10.4 Å². The minimum absolute atomic E-state index is 0.283. The van der Waals surface area contributed by atoms with Crippen LogP contribution in [0.3, 0.4) is 0 Å². The van der Waals surface area contributed by atoms with E-state index < -0.39 is 11.9 Å². The van der Waals surface area contributed by atoms with Gasteiger partial charge in [-0.25, -0.2) is 4.79 Å². The van der Waals surface area contributed by atoms with Crippen molar-refractivity contribution in [3.63, 3.8) is 0 Å². The Labute approximate surface area is 165 Å². The van der Waals surface area contributed by atoms with Crippen molar-refractivity contribution in [1.82, 2.24) is 4.90 Å². The van der Waals surface area contributed by atoms with Gasteiger partial charge in [-0.15, -0.1) is 11.3 Å². The number of ether oxygens (including phenoxy) is 1. The molecule has 1 aromatic carbocycles. The first kappa shape index (κ1) is 19.4. The van der Waals surface area contributed by atoms with Gasteiger partial charge in [0.25, 0.3) is 5.91 Å². The highest BCUT2D eigenvalue weighted by Gasteiger charge is 2.27. The SMILES string of the molecule is NC(=O)[C@H]1CCCN(C(=O)COC(=O)c2ccc(-c3ccc(Cl)cc3)s2)C1. The number of likely N-dealkylation sites (tertiary alicyclic amines) is 1. The van der Waals surface area contributed by atoms with Crippen LogP contribution in [-0.2, 0) is 14.3 Å². The van der Waals surface area contributed by atoms with Crippen LogP contribution >= 0.6 is 22.9 Å². The van der Waals surface area contributed by atoms with E-state index in [1.54, 1.807) is 18.2 Å². The Morgan fingerprint density at radius 2 is 1.93 bits per heavy atom. The number of rotatable bonds is 5. The van der Waals surface area contributed by atoms with E-state index in [1.807, 2.05) is 18.2 Å². The second-order valence-electron chi connectivity index (χ2n) is 6.33. The minimum atomic E-state index is -0.544. The summed E-state index contributed by atoms with van der Waals surface area (Å²) >= 11 is 7.17. The number of nitrogens with two attached hydrogens (primary N) is 1. The Hall–Kier alpha value is -2.38. The molecule has 0 spiro atoms. The molecule has 2 heterocycles. The van der Waals surface area contributed by atoms with E-state index in [-0.39, 0.29) is 25.0 Å². The monoisotopic (exact) mass is 406 g/mol. The zero-order valence-electron chi connectivity index (χ0n) is 14.5. The van der Waals surface area contributed by atoms with E-state index in [1.165, 1.54) is 16.2 Å². The maximum atomic E-state index is 12.2. The summed E-state index contributed by atoms with van der Waals surface area (Å²) in [5, 5.41) is 0.643. The van der Waals surface area contributed by atoms with Crippen molar-refractivity contribution in [3.05, 3.63) is 46.3 Å². The quantitative estimate of drug-likeness (QED) is 0.773. The molecule has 0 radical (unpaired) electrons. The van der Waals surface area contributed by atoms with Crippen LogP contribution in [0.4, 0.5) is 0 Å². The fourth-order valence-corrected chi connectivity index (χ4v) is 3.97. The summed E-state index contributed by atoms with van der Waals surface area (Å²) in [7, 11) is 0. The van der Waals surface area contributed by atoms with Crippen LogP contribution in [0.15, 0.2) is 36.4 Å². The molecule has 0 bridgehead atoms. The van der Waals surface area contributed by atoms with Gasteiger partial charge in [-0.1, -0.05) is 23.7 Å². The predicted octanol–water partition coefficient (Wildman–Crippen LogP) is 2.95. The van der Waals surface area contributed by atoms with Crippen molar-refractivity contribution in [3.8, 4) is 10.4 Å². The molecule has 1 fully saturated rings. The van der Waals surface area contributed by atoms with Crippen LogP contribution in [0.1, 0.15) is 22.5 Å². The number of hydrogen-bond donors (Lipinski definition) is 1. The van der Waals surface area contributed by atoms with Gasteiger partial charge in [-0.3, -0.25) is 9.59 Å². The number of benzene rings is 1. The number of halogens is 1. The molecule has 27 heavy (non-hydrogen) atoms. The molecule has 1 aliphatic heterocycles. The number of nitrogens with zero attached hydrogens (tertiary/aromatic N) is 1. The van der Waals surface area contributed by atoms with Crippen molar-refractivity contribution < 1.29 is 19.1 Å². The molecular weight excluding hydrogens is 388 g/mol. The largest absolute Gasteiger partial charge is 0.451 e. The number of carbonyl (C=O) groups excluding carboxylic acids is 3. The molecule has 6 nitrogen and oxygen atoms in total. The summed E-state index contributed by atoms with van der Waals surface area (Å²) in [4.78, 5) is 38.6. The lowest BCUT2D eigenvalue weighted by Crippen LogP contribution is -2.45. The molecule has 3 rings (SSSR count). The zero-order chi connectivity index (χ0) is 19.4. The van der Waals surface area contributed by atoms with Crippen LogP contribution < -0.4 is 5.73 Å². The summed E-state index contributed by atoms with van der Waals surface area (Å²) in [6.45, 7) is 0.476. The molecule has 0 aliphatic carbocycles. The fraction of sp³-hybridized carbons (Fsp3) is 0.316. The number of amides is 2. The third-order valence-electron chi connectivity index (χ3n) is 4.44. The van der Waals surface area contributed by atoms with Crippen molar-refractivity contribution in [2.75, 3.05) is 19.7 Å². The van der Waals surface area contributed by atoms with E-state index in [0.717, 1.165) is 10.4 Å². The summed E-state index contributed by atoms with van der Waals surface area (Å²) in [5.74, 6) is -1.60. The molecule has 1 atom stereocenters. The van der Waals surface area contributed by atoms with Crippen LogP contribution in [-0.4, -0.2) is 42.4 Å². The second kappa shape index (κ2) is 8.54. The van der Waals surface area contributed by atoms with Gasteiger partial charge < -0.3 is 15.4 Å². The first-order valence-electron chi connectivity index (χ1n) is 8.54. The Morgan fingerprint density at radius 3 is 2.63 bits per heavy atom. The van der Waals surface area contributed by atoms with Crippen molar-refractivity contribution >= 4 is 40.7 Å². The lowest BCUT2D eigenvalue weighted by atomic mass is 9.97. The third kappa shape index (κ3) is 4.87. The Balaban J connectivity index is 1.55. The molecule has 142 valence electrons. The normalized spacial score (nSPS) is 16.8. The summed E-state index contributed by atoms with van der Waals surface area (Å²) in [5.41, 5.74) is 6.27. The van der Waals surface area contributed by atoms with Crippen LogP contribution in [0.2, 0.25) is 5.02 Å². The van der Waals surface area contributed by atoms with Gasteiger partial charge >= 0.3 is 5.97 Å². The van der Waals surface area contributed by atoms with Crippen LogP contribution in [0.5, 0.6) is 0 Å². The molecule has 0 unspecified atom stereocenters. The molecule has 2 aromatic rings. The number of carbonyl (C=O) groups is 3. The lowest BCUT2D eigenvalue weighted by molar-refractivity contribution is -0.137. The van der Waals surface area contributed by atoms with Gasteiger partial charge in [-0.2, -0.15) is 0 Å². The number of piperidine rings is 1. The topological polar surface area (TPSA) is 89.7 Å². The number of primary amides is 1. The molecule has 1 aromatic heterocycles. The maximum Gasteiger partial charge on any atom is 0.348 e. The van der Waals surface area contributed by atoms with E-state index in [0.29, 0.717) is 29.3 Å². The number of esters is 1. The number of thiophene rings is 1. The van der Waals surface area contributed by atoms with Crippen LogP contribution in [0, 0.1) is 5.92 Å². The standard InChI is InChI=1S/C19H19ClN2O4S/c20-14-5-3-12(4-6-14)15-7-8-16(27-15)19(25)26-11-17(23)22-9-1-2-13(10-22)18(21)24/h3-8,13H,1-2,9-11H2,(H2,21,24)/t13-/m0/s1. The molecule has 1 saturated heterocycles. The van der Waals surface area contributed by atoms with Crippen molar-refractivity contribution in [2.24, 2.45) is 11.7 Å². The van der Waals surface area contributed by atoms with Gasteiger partial charge in [0.05, 0.1) is 5.92 Å². The van der Waals surface area contributed by atoms with Gasteiger partial charge in [0.1, 0.15) is 4.88 Å². The average Bonchev–Trinajstić information content (AvgIpc) is 3.16. The van der Waals surface area contributed by atoms with Gasteiger partial charge in [0.15, 0.2) is 6.61 Å². The predicted molar refractivity (Wildman–Crippen MR) is 104 cm³/mol. The summed E-state index contributed by atoms with van der Waals surface area (Å²) in [6, 6.07) is 10.8. The third-order valence-corrected chi connectivity index (χ3v) is 5.81.